The Kier molecular flexibility index (Phi) is 5.91. The zero-order chi connectivity index (χ0) is 31.6. The second-order valence-corrected chi connectivity index (χ2v) is 12.4. The molecule has 0 bridgehead atoms. The van der Waals surface area contributed by atoms with Crippen LogP contribution >= 0.6 is 0 Å². The largest absolute Gasteiger partial charge is 0.463 e. The SMILES string of the molecule is c1ccc(-c2ccc(-c3c4ccccc4c(-c4ccc5oc6ccc7c(-c8ccccc8)coc7c6c5c4)c4ccccc34)cc2)cc1. The molecule has 10 aromatic rings. The lowest BCUT2D eigenvalue weighted by Gasteiger charge is -2.18. The Morgan fingerprint density at radius 1 is 0.333 bits per heavy atom. The van der Waals surface area contributed by atoms with Crippen LogP contribution in [0.3, 0.4) is 0 Å². The highest BCUT2D eigenvalue weighted by Crippen LogP contribution is 2.46. The van der Waals surface area contributed by atoms with Crippen molar-refractivity contribution in [1.82, 2.24) is 0 Å². The molecule has 48 heavy (non-hydrogen) atoms. The number of hydrogen-bond donors (Lipinski definition) is 0. The lowest BCUT2D eigenvalue weighted by atomic mass is 9.85. The van der Waals surface area contributed by atoms with E-state index in [0.717, 1.165) is 49.6 Å². The summed E-state index contributed by atoms with van der Waals surface area (Å²) in [5.41, 5.74) is 12.0. The summed E-state index contributed by atoms with van der Waals surface area (Å²) in [6, 6.07) is 58.3. The molecule has 0 aliphatic rings. The van der Waals surface area contributed by atoms with Gasteiger partial charge in [0.2, 0.25) is 0 Å². The Hall–Kier alpha value is -6.38. The van der Waals surface area contributed by atoms with Crippen molar-refractivity contribution in [2.45, 2.75) is 0 Å². The summed E-state index contributed by atoms with van der Waals surface area (Å²) in [4.78, 5) is 0. The smallest absolute Gasteiger partial charge is 0.146 e. The van der Waals surface area contributed by atoms with Crippen LogP contribution in [0.1, 0.15) is 0 Å². The molecular weight excluding hydrogens is 585 g/mol. The molecule has 2 aromatic heterocycles. The zero-order valence-corrected chi connectivity index (χ0v) is 26.0. The van der Waals surface area contributed by atoms with Gasteiger partial charge in [-0.25, -0.2) is 0 Å². The van der Waals surface area contributed by atoms with E-state index in [9.17, 15) is 0 Å². The molecule has 2 nitrogen and oxygen atoms in total. The summed E-state index contributed by atoms with van der Waals surface area (Å²) in [5.74, 6) is 0. The minimum absolute atomic E-state index is 0.827. The summed E-state index contributed by atoms with van der Waals surface area (Å²) in [6.07, 6.45) is 1.87. The normalized spacial score (nSPS) is 11.8. The summed E-state index contributed by atoms with van der Waals surface area (Å²) in [7, 11) is 0. The number of furan rings is 2. The molecule has 0 N–H and O–H groups in total. The Labute approximate surface area is 277 Å². The van der Waals surface area contributed by atoms with Gasteiger partial charge >= 0.3 is 0 Å². The van der Waals surface area contributed by atoms with Crippen LogP contribution in [-0.2, 0) is 0 Å². The second-order valence-electron chi connectivity index (χ2n) is 12.4. The van der Waals surface area contributed by atoms with Crippen molar-refractivity contribution in [1.29, 1.82) is 0 Å². The molecular formula is C46H28O2. The van der Waals surface area contributed by atoms with Crippen LogP contribution in [0.2, 0.25) is 0 Å². The maximum absolute atomic E-state index is 6.40. The maximum atomic E-state index is 6.40. The van der Waals surface area contributed by atoms with E-state index in [1.807, 2.05) is 12.3 Å². The van der Waals surface area contributed by atoms with Crippen LogP contribution in [0.25, 0.3) is 99.0 Å². The third kappa shape index (κ3) is 4.06. The summed E-state index contributed by atoms with van der Waals surface area (Å²) in [5, 5.41) is 8.06. The fraction of sp³-hybridized carbons (Fsp3) is 0. The number of rotatable bonds is 4. The number of benzene rings is 8. The molecule has 0 aliphatic carbocycles. The quantitative estimate of drug-likeness (QED) is 0.185. The monoisotopic (exact) mass is 612 g/mol. The minimum atomic E-state index is 0.827. The van der Waals surface area contributed by atoms with Crippen molar-refractivity contribution < 1.29 is 8.83 Å². The van der Waals surface area contributed by atoms with Gasteiger partial charge in [-0.15, -0.1) is 0 Å². The van der Waals surface area contributed by atoms with Crippen molar-refractivity contribution >= 4 is 54.5 Å². The Bertz CT molecular complexity index is 2750. The fourth-order valence-electron chi connectivity index (χ4n) is 7.56. The van der Waals surface area contributed by atoms with E-state index in [1.54, 1.807) is 0 Å². The van der Waals surface area contributed by atoms with Crippen molar-refractivity contribution in [3.05, 3.63) is 170 Å². The first-order valence-electron chi connectivity index (χ1n) is 16.3. The van der Waals surface area contributed by atoms with Gasteiger partial charge in [0.15, 0.2) is 0 Å². The van der Waals surface area contributed by atoms with E-state index in [4.69, 9.17) is 8.83 Å². The highest BCUT2D eigenvalue weighted by atomic mass is 16.3. The third-order valence-corrected chi connectivity index (χ3v) is 9.76. The van der Waals surface area contributed by atoms with Crippen LogP contribution in [0.15, 0.2) is 179 Å². The summed E-state index contributed by atoms with van der Waals surface area (Å²) >= 11 is 0. The maximum Gasteiger partial charge on any atom is 0.146 e. The lowest BCUT2D eigenvalue weighted by Crippen LogP contribution is -1.91. The van der Waals surface area contributed by atoms with E-state index in [1.165, 1.54) is 49.4 Å². The van der Waals surface area contributed by atoms with Gasteiger partial charge in [0.25, 0.3) is 0 Å². The van der Waals surface area contributed by atoms with Crippen LogP contribution in [0, 0.1) is 0 Å². The average molecular weight is 613 g/mol. The topological polar surface area (TPSA) is 26.3 Å². The van der Waals surface area contributed by atoms with Crippen LogP contribution in [0.4, 0.5) is 0 Å². The first kappa shape index (κ1) is 26.8. The van der Waals surface area contributed by atoms with Crippen molar-refractivity contribution in [2.24, 2.45) is 0 Å². The van der Waals surface area contributed by atoms with E-state index >= 15 is 0 Å². The number of hydrogen-bond acceptors (Lipinski definition) is 2. The fourth-order valence-corrected chi connectivity index (χ4v) is 7.56. The molecule has 8 aromatic carbocycles. The molecule has 224 valence electrons. The van der Waals surface area contributed by atoms with Gasteiger partial charge in [-0.2, -0.15) is 0 Å². The molecule has 2 heteroatoms. The molecule has 0 saturated heterocycles. The predicted molar refractivity (Wildman–Crippen MR) is 200 cm³/mol. The standard InChI is InChI=1S/C46H28O2/c1-3-11-29(12-4-1)30-19-21-32(22-20-30)43-34-15-7-9-17-36(34)44(37-18-10-8-16-35(37)43)33-23-25-41-39(27-33)45-42(48-41)26-24-38-40(28-47-46(38)45)31-13-5-2-6-14-31/h1-28H. The van der Waals surface area contributed by atoms with Crippen LogP contribution in [0.5, 0.6) is 0 Å². The highest BCUT2D eigenvalue weighted by Gasteiger charge is 2.20. The Balaban J connectivity index is 1.20. The van der Waals surface area contributed by atoms with Crippen LogP contribution in [-0.4, -0.2) is 0 Å². The molecule has 0 radical (unpaired) electrons. The first-order valence-corrected chi connectivity index (χ1v) is 16.3. The van der Waals surface area contributed by atoms with Gasteiger partial charge in [-0.3, -0.25) is 0 Å². The summed E-state index contributed by atoms with van der Waals surface area (Å²) < 4.78 is 12.7. The van der Waals surface area contributed by atoms with E-state index in [2.05, 4.69) is 158 Å². The highest BCUT2D eigenvalue weighted by molar-refractivity contribution is 6.23. The van der Waals surface area contributed by atoms with Gasteiger partial charge in [0, 0.05) is 16.3 Å². The van der Waals surface area contributed by atoms with Gasteiger partial charge in [0.1, 0.15) is 16.7 Å². The predicted octanol–water partition coefficient (Wildman–Crippen LogP) is 13.3. The van der Waals surface area contributed by atoms with E-state index < -0.39 is 0 Å². The first-order chi connectivity index (χ1) is 23.8. The molecule has 0 spiro atoms. The second kappa shape index (κ2) is 10.6. The van der Waals surface area contributed by atoms with Crippen LogP contribution < -0.4 is 0 Å². The Morgan fingerprint density at radius 3 is 1.48 bits per heavy atom. The average Bonchev–Trinajstić information content (AvgIpc) is 3.76. The van der Waals surface area contributed by atoms with Gasteiger partial charge in [0.05, 0.1) is 11.6 Å². The van der Waals surface area contributed by atoms with E-state index in [0.29, 0.717) is 0 Å². The third-order valence-electron chi connectivity index (χ3n) is 9.76. The Morgan fingerprint density at radius 2 is 0.833 bits per heavy atom. The molecule has 0 saturated carbocycles. The summed E-state index contributed by atoms with van der Waals surface area (Å²) in [6.45, 7) is 0. The van der Waals surface area contributed by atoms with Crippen molar-refractivity contribution in [3.63, 3.8) is 0 Å². The minimum Gasteiger partial charge on any atom is -0.463 e. The van der Waals surface area contributed by atoms with Gasteiger partial charge in [-0.1, -0.05) is 140 Å². The molecule has 10 rings (SSSR count). The lowest BCUT2D eigenvalue weighted by molar-refractivity contribution is 0.619. The molecule has 0 fully saturated rings. The molecule has 0 unspecified atom stereocenters. The molecule has 0 amide bonds. The molecule has 0 atom stereocenters. The molecule has 0 aliphatic heterocycles. The zero-order valence-electron chi connectivity index (χ0n) is 26.0. The van der Waals surface area contributed by atoms with Crippen molar-refractivity contribution in [3.8, 4) is 44.5 Å². The molecule has 2 heterocycles. The van der Waals surface area contributed by atoms with E-state index in [-0.39, 0.29) is 0 Å². The van der Waals surface area contributed by atoms with Crippen molar-refractivity contribution in [2.75, 3.05) is 0 Å². The number of fused-ring (bicyclic) bond motifs is 7. The van der Waals surface area contributed by atoms with Gasteiger partial charge in [-0.05, 0) is 84.8 Å². The van der Waals surface area contributed by atoms with Gasteiger partial charge < -0.3 is 8.83 Å².